The van der Waals surface area contributed by atoms with Gasteiger partial charge in [-0.1, -0.05) is 0 Å². The van der Waals surface area contributed by atoms with Crippen molar-refractivity contribution in [2.45, 2.75) is 32.1 Å². The number of aryl methyl sites for hydroxylation is 2. The lowest BCUT2D eigenvalue weighted by Gasteiger charge is -2.31. The van der Waals surface area contributed by atoms with Crippen LogP contribution in [0.15, 0.2) is 35.8 Å². The maximum Gasteiger partial charge on any atom is 0.272 e. The van der Waals surface area contributed by atoms with Crippen LogP contribution in [0.2, 0.25) is 0 Å². The Morgan fingerprint density at radius 1 is 1.23 bits per heavy atom. The van der Waals surface area contributed by atoms with Gasteiger partial charge in [-0.15, -0.1) is 0 Å². The van der Waals surface area contributed by atoms with E-state index in [9.17, 15) is 18.8 Å². The molecule has 9 heteroatoms. The number of hydrogen-bond donors (Lipinski definition) is 1. The molecule has 1 saturated heterocycles. The van der Waals surface area contributed by atoms with Crippen LogP contribution in [0.1, 0.15) is 41.9 Å². The lowest BCUT2D eigenvalue weighted by Crippen LogP contribution is -2.40. The van der Waals surface area contributed by atoms with Gasteiger partial charge in [-0.3, -0.25) is 14.4 Å². The number of aromatic nitrogens is 4. The molecule has 30 heavy (non-hydrogen) atoms. The molecule has 0 atom stereocenters. The summed E-state index contributed by atoms with van der Waals surface area (Å²) in [7, 11) is 1.83. The van der Waals surface area contributed by atoms with Gasteiger partial charge in [0.25, 0.3) is 5.56 Å². The Morgan fingerprint density at radius 2 is 2.00 bits per heavy atom. The summed E-state index contributed by atoms with van der Waals surface area (Å²) in [5, 5.41) is 0. The molecule has 1 fully saturated rings. The predicted molar refractivity (Wildman–Crippen MR) is 108 cm³/mol. The van der Waals surface area contributed by atoms with Gasteiger partial charge in [0.05, 0.1) is 6.33 Å². The van der Waals surface area contributed by atoms with Crippen molar-refractivity contribution in [3.8, 4) is 0 Å². The zero-order chi connectivity index (χ0) is 21.3. The number of likely N-dealkylation sites (tertiary alicyclic amines) is 1. The molecule has 4 heterocycles. The highest BCUT2D eigenvalue weighted by molar-refractivity contribution is 5.96. The van der Waals surface area contributed by atoms with Crippen molar-refractivity contribution in [3.05, 3.63) is 58.5 Å². The van der Waals surface area contributed by atoms with E-state index in [1.54, 1.807) is 28.2 Å². The largest absolute Gasteiger partial charge is 0.343 e. The lowest BCUT2D eigenvalue weighted by molar-refractivity contribution is -0.132. The molecule has 8 nitrogen and oxygen atoms in total. The summed E-state index contributed by atoms with van der Waals surface area (Å²) in [6.07, 6.45) is 9.03. The van der Waals surface area contributed by atoms with Crippen LogP contribution in [0.25, 0.3) is 5.52 Å². The van der Waals surface area contributed by atoms with Gasteiger partial charge in [0.1, 0.15) is 17.0 Å². The summed E-state index contributed by atoms with van der Waals surface area (Å²) in [6.45, 7) is 1.13. The van der Waals surface area contributed by atoms with E-state index >= 15 is 0 Å². The molecule has 3 aromatic rings. The zero-order valence-electron chi connectivity index (χ0n) is 16.8. The second-order valence-corrected chi connectivity index (χ2v) is 7.86. The Hall–Kier alpha value is -3.23. The lowest BCUT2D eigenvalue weighted by atomic mass is 9.91. The van der Waals surface area contributed by atoms with Crippen molar-refractivity contribution >= 4 is 17.2 Å². The highest BCUT2D eigenvalue weighted by Crippen LogP contribution is 2.22. The molecule has 0 bridgehead atoms. The molecule has 0 aromatic carbocycles. The molecular weight excluding hydrogens is 389 g/mol. The number of carbonyl (C=O) groups is 2. The van der Waals surface area contributed by atoms with Crippen LogP contribution in [0.4, 0.5) is 4.39 Å². The highest BCUT2D eigenvalue weighted by atomic mass is 19.1. The van der Waals surface area contributed by atoms with E-state index in [-0.39, 0.29) is 28.7 Å². The minimum Gasteiger partial charge on any atom is -0.343 e. The van der Waals surface area contributed by atoms with E-state index in [0.717, 1.165) is 0 Å². The Morgan fingerprint density at radius 3 is 2.70 bits per heavy atom. The van der Waals surface area contributed by atoms with Crippen LogP contribution in [-0.2, 0) is 18.3 Å². The molecule has 1 N–H and O–H groups in total. The normalized spacial score (nSPS) is 15.1. The van der Waals surface area contributed by atoms with Gasteiger partial charge in [-0.2, -0.15) is 0 Å². The van der Waals surface area contributed by atoms with Crippen LogP contribution < -0.4 is 5.56 Å². The molecule has 1 aliphatic rings. The third kappa shape index (κ3) is 4.19. The van der Waals surface area contributed by atoms with Crippen molar-refractivity contribution in [2.24, 2.45) is 13.0 Å². The smallest absolute Gasteiger partial charge is 0.272 e. The molecule has 0 saturated carbocycles. The Labute approximate surface area is 172 Å². The topological polar surface area (TPSA) is 92.5 Å². The molecule has 3 aromatic heterocycles. The van der Waals surface area contributed by atoms with Crippen LogP contribution >= 0.6 is 0 Å². The van der Waals surface area contributed by atoms with Gasteiger partial charge < -0.3 is 18.9 Å². The van der Waals surface area contributed by atoms with Gasteiger partial charge >= 0.3 is 0 Å². The number of carbonyl (C=O) groups excluding carboxylic acids is 2. The number of ketones is 1. The highest BCUT2D eigenvalue weighted by Gasteiger charge is 2.28. The van der Waals surface area contributed by atoms with Crippen molar-refractivity contribution in [3.63, 3.8) is 0 Å². The van der Waals surface area contributed by atoms with Gasteiger partial charge in [-0.05, 0) is 25.7 Å². The maximum atomic E-state index is 13.3. The number of hydrogen-bond acceptors (Lipinski definition) is 4. The fourth-order valence-electron chi connectivity index (χ4n) is 4.00. The molecule has 0 spiro atoms. The Bertz CT molecular complexity index is 1140. The minimum absolute atomic E-state index is 0.0449. The number of nitrogens with one attached hydrogen (secondary N) is 1. The summed E-state index contributed by atoms with van der Waals surface area (Å²) in [6, 6.07) is 1.19. The van der Waals surface area contributed by atoms with E-state index in [0.29, 0.717) is 56.6 Å². The van der Waals surface area contributed by atoms with Crippen molar-refractivity contribution in [1.29, 1.82) is 0 Å². The molecule has 1 amide bonds. The van der Waals surface area contributed by atoms with Gasteiger partial charge in [0, 0.05) is 62.8 Å². The third-order valence-corrected chi connectivity index (χ3v) is 5.63. The number of amides is 1. The summed E-state index contributed by atoms with van der Waals surface area (Å²) in [5.41, 5.74) is 1.06. The van der Waals surface area contributed by atoms with E-state index in [4.69, 9.17) is 0 Å². The first-order valence-electron chi connectivity index (χ1n) is 10.1. The molecule has 0 unspecified atom stereocenters. The fraction of sp³-hybridized carbons (Fsp3) is 0.429. The maximum absolute atomic E-state index is 13.3. The molecule has 158 valence electrons. The number of H-pyrrole nitrogens is 1. The van der Waals surface area contributed by atoms with Crippen LogP contribution in [0.5, 0.6) is 0 Å². The van der Waals surface area contributed by atoms with E-state index in [1.807, 2.05) is 7.05 Å². The number of imidazole rings is 1. The van der Waals surface area contributed by atoms with Gasteiger partial charge in [0.15, 0.2) is 5.78 Å². The molecule has 4 rings (SSSR count). The van der Waals surface area contributed by atoms with E-state index in [1.165, 1.54) is 16.7 Å². The van der Waals surface area contributed by atoms with Crippen LogP contribution in [0, 0.1) is 11.7 Å². The Balaban J connectivity index is 1.26. The average Bonchev–Trinajstić information content (AvgIpc) is 3.33. The molecule has 1 aliphatic heterocycles. The first-order valence-corrected chi connectivity index (χ1v) is 10.1. The summed E-state index contributed by atoms with van der Waals surface area (Å²) >= 11 is 0. The predicted octanol–water partition coefficient (Wildman–Crippen LogP) is 1.94. The SMILES string of the molecule is Cn1cnc(C(=O)C2CCN(C(=O)CCCc3cn4cc(F)cc4c(=O)[nH]3)CC2)c1. The minimum atomic E-state index is -0.460. The molecule has 0 radical (unpaired) electrons. The summed E-state index contributed by atoms with van der Waals surface area (Å²) in [4.78, 5) is 45.7. The third-order valence-electron chi connectivity index (χ3n) is 5.63. The Kier molecular flexibility index (Phi) is 5.52. The summed E-state index contributed by atoms with van der Waals surface area (Å²) < 4.78 is 16.5. The molecule has 0 aliphatic carbocycles. The van der Waals surface area contributed by atoms with Crippen molar-refractivity contribution in [2.75, 3.05) is 13.1 Å². The van der Waals surface area contributed by atoms with Crippen LogP contribution in [0.3, 0.4) is 0 Å². The van der Waals surface area contributed by atoms with E-state index in [2.05, 4.69) is 9.97 Å². The quantitative estimate of drug-likeness (QED) is 0.625. The monoisotopic (exact) mass is 413 g/mol. The van der Waals surface area contributed by atoms with Gasteiger partial charge in [-0.25, -0.2) is 9.37 Å². The number of fused-ring (bicyclic) bond motifs is 1. The average molecular weight is 413 g/mol. The summed E-state index contributed by atoms with van der Waals surface area (Å²) in [5.74, 6) is -0.460. The van der Waals surface area contributed by atoms with Crippen LogP contribution in [-0.4, -0.2) is 48.6 Å². The second kappa shape index (κ2) is 8.25. The fourth-order valence-corrected chi connectivity index (χ4v) is 4.00. The number of rotatable bonds is 6. The van der Waals surface area contributed by atoms with Gasteiger partial charge in [0.2, 0.25) is 5.91 Å². The standard InChI is InChI=1S/C21H24FN5O3/c1-25-12-17(23-13-25)20(29)14-5-7-26(8-6-14)19(28)4-2-3-16-11-27-10-15(22)9-18(27)21(30)24-16/h9-14H,2-8H2,1H3,(H,24,30). The number of nitrogens with zero attached hydrogens (tertiary/aromatic N) is 4. The van der Waals surface area contributed by atoms with Crippen molar-refractivity contribution in [1.82, 2.24) is 23.8 Å². The number of piperidine rings is 1. The second-order valence-electron chi connectivity index (χ2n) is 7.86. The number of halogens is 1. The number of aromatic amines is 1. The first kappa shape index (κ1) is 20.1. The van der Waals surface area contributed by atoms with E-state index < -0.39 is 5.82 Å². The molecular formula is C21H24FN5O3. The zero-order valence-corrected chi connectivity index (χ0v) is 16.8. The number of Topliss-reactive ketones (excluding diaryl/α,β-unsaturated/α-hetero) is 1. The van der Waals surface area contributed by atoms with Crippen molar-refractivity contribution < 1.29 is 14.0 Å². The first-order chi connectivity index (χ1) is 14.4.